The Morgan fingerprint density at radius 2 is 2.10 bits per heavy atom. The van der Waals surface area contributed by atoms with E-state index in [0.717, 1.165) is 17.5 Å². The summed E-state index contributed by atoms with van der Waals surface area (Å²) in [5.74, 6) is -0.151. The van der Waals surface area contributed by atoms with E-state index in [2.05, 4.69) is 25.5 Å². The number of carbonyl (C=O) groups excluding carboxylic acids is 1. The Labute approximate surface area is 181 Å². The molecule has 0 saturated carbocycles. The van der Waals surface area contributed by atoms with Crippen molar-refractivity contribution < 1.29 is 13.2 Å². The molecule has 12 heteroatoms. The molecule has 1 N–H and O–H groups in total. The van der Waals surface area contributed by atoms with Crippen LogP contribution in [0.2, 0.25) is 5.02 Å². The fourth-order valence-corrected chi connectivity index (χ4v) is 5.36. The van der Waals surface area contributed by atoms with Crippen molar-refractivity contribution in [2.75, 3.05) is 11.1 Å². The van der Waals surface area contributed by atoms with Crippen LogP contribution in [0.4, 0.5) is 5.13 Å². The molecule has 8 nitrogen and oxygen atoms in total. The summed E-state index contributed by atoms with van der Waals surface area (Å²) in [6.45, 7) is 3.85. The van der Waals surface area contributed by atoms with E-state index < -0.39 is 20.9 Å². The van der Waals surface area contributed by atoms with Crippen molar-refractivity contribution in [3.05, 3.63) is 52.3 Å². The summed E-state index contributed by atoms with van der Waals surface area (Å²) in [6, 6.07) is 7.11. The van der Waals surface area contributed by atoms with E-state index in [1.54, 1.807) is 18.2 Å². The summed E-state index contributed by atoms with van der Waals surface area (Å²) in [6.07, 6.45) is 1.10. The van der Waals surface area contributed by atoms with Gasteiger partial charge in [0, 0.05) is 0 Å². The van der Waals surface area contributed by atoms with Crippen molar-refractivity contribution in [3.8, 4) is 0 Å². The van der Waals surface area contributed by atoms with E-state index in [4.69, 9.17) is 11.6 Å². The fourth-order valence-electron chi connectivity index (χ4n) is 2.34. The minimum Gasteiger partial charge on any atom is -0.295 e. The topological polar surface area (TPSA) is 115 Å². The number of sulfone groups is 1. The van der Waals surface area contributed by atoms with Gasteiger partial charge in [0.15, 0.2) is 10.0 Å². The van der Waals surface area contributed by atoms with Crippen LogP contribution in [0.1, 0.15) is 28.5 Å². The first-order chi connectivity index (χ1) is 13.8. The third kappa shape index (κ3) is 5.50. The van der Waals surface area contributed by atoms with Gasteiger partial charge in [-0.05, 0) is 18.2 Å². The van der Waals surface area contributed by atoms with Crippen LogP contribution < -0.4 is 5.32 Å². The Bertz CT molecular complexity index is 1150. The number of nitrogens with zero attached hydrogens (tertiary/aromatic N) is 4. The van der Waals surface area contributed by atoms with Crippen molar-refractivity contribution in [1.82, 2.24) is 20.2 Å². The molecule has 0 spiro atoms. The molecule has 0 bridgehead atoms. The second-order valence-electron chi connectivity index (χ2n) is 5.86. The predicted octanol–water partition coefficient (Wildman–Crippen LogP) is 3.63. The van der Waals surface area contributed by atoms with Crippen LogP contribution in [-0.4, -0.2) is 40.2 Å². The molecule has 152 valence electrons. The first-order valence-corrected chi connectivity index (χ1v) is 12.2. The average Bonchev–Trinajstić information content (AvgIpc) is 3.08. The molecule has 1 aromatic carbocycles. The Morgan fingerprint density at radius 3 is 2.83 bits per heavy atom. The molecule has 2 aromatic heterocycles. The monoisotopic (exact) mass is 469 g/mol. The third-order valence-corrected chi connectivity index (χ3v) is 7.15. The number of hydrogen-bond donors (Lipinski definition) is 1. The maximum Gasteiger partial charge on any atom is 0.277 e. The van der Waals surface area contributed by atoms with Crippen LogP contribution in [0.5, 0.6) is 0 Å². The number of amides is 1. The van der Waals surface area contributed by atoms with Gasteiger partial charge in [0.25, 0.3) is 5.91 Å². The minimum absolute atomic E-state index is 0.0651. The highest BCUT2D eigenvalue weighted by Gasteiger charge is 2.23. The number of halogens is 1. The number of nitrogens with one attached hydrogen (secondary N) is 1. The maximum absolute atomic E-state index is 12.7. The number of anilines is 1. The number of carbonyl (C=O) groups is 1. The van der Waals surface area contributed by atoms with E-state index >= 15 is 0 Å². The second kappa shape index (κ2) is 9.16. The lowest BCUT2D eigenvalue weighted by atomic mass is 10.2. The number of rotatable bonds is 7. The summed E-state index contributed by atoms with van der Waals surface area (Å²) >= 11 is 8.72. The molecule has 0 radical (unpaired) electrons. The quantitative estimate of drug-likeness (QED) is 0.317. The van der Waals surface area contributed by atoms with E-state index in [1.165, 1.54) is 23.1 Å². The third-order valence-electron chi connectivity index (χ3n) is 3.55. The van der Waals surface area contributed by atoms with Crippen LogP contribution in [0, 0.1) is 6.92 Å². The molecular weight excluding hydrogens is 454 g/mol. The molecule has 2 heterocycles. The van der Waals surface area contributed by atoms with Gasteiger partial charge >= 0.3 is 0 Å². The number of benzene rings is 1. The van der Waals surface area contributed by atoms with Gasteiger partial charge < -0.3 is 0 Å². The molecule has 0 saturated heterocycles. The smallest absolute Gasteiger partial charge is 0.277 e. The van der Waals surface area contributed by atoms with Gasteiger partial charge in [-0.25, -0.2) is 18.4 Å². The summed E-state index contributed by atoms with van der Waals surface area (Å²) < 4.78 is 26.1. The lowest BCUT2D eigenvalue weighted by Gasteiger charge is -2.07. The minimum atomic E-state index is -3.87. The average molecular weight is 470 g/mol. The zero-order valence-electron chi connectivity index (χ0n) is 15.4. The van der Waals surface area contributed by atoms with Crippen LogP contribution in [0.3, 0.4) is 0 Å². The first kappa shape index (κ1) is 21.6. The number of hydrogen-bond acceptors (Lipinski definition) is 9. The van der Waals surface area contributed by atoms with Crippen molar-refractivity contribution in [3.63, 3.8) is 0 Å². The van der Waals surface area contributed by atoms with Crippen LogP contribution >= 0.6 is 34.7 Å². The van der Waals surface area contributed by atoms with Gasteiger partial charge in [0.2, 0.25) is 20.1 Å². The summed E-state index contributed by atoms with van der Waals surface area (Å²) in [7, 11) is -3.87. The van der Waals surface area contributed by atoms with E-state index in [1.807, 2.05) is 19.9 Å². The Balaban J connectivity index is 1.83. The molecule has 1 amide bonds. The molecule has 0 atom stereocenters. The molecule has 29 heavy (non-hydrogen) atoms. The lowest BCUT2D eigenvalue weighted by molar-refractivity contribution is 0.102. The zero-order valence-corrected chi connectivity index (χ0v) is 18.6. The van der Waals surface area contributed by atoms with Gasteiger partial charge in [0.1, 0.15) is 0 Å². The molecule has 0 fully saturated rings. The van der Waals surface area contributed by atoms with E-state index in [0.29, 0.717) is 9.90 Å². The van der Waals surface area contributed by atoms with Gasteiger partial charge in [-0.2, -0.15) is 0 Å². The molecule has 0 unspecified atom stereocenters. The number of aromatic nitrogens is 4. The number of aryl methyl sites for hydroxylation is 1. The molecule has 0 aliphatic carbocycles. The highest BCUT2D eigenvalue weighted by Crippen LogP contribution is 2.26. The van der Waals surface area contributed by atoms with Crippen molar-refractivity contribution >= 4 is 55.6 Å². The fraction of sp³-hybridized carbons (Fsp3) is 0.235. The van der Waals surface area contributed by atoms with Gasteiger partial charge in [-0.3, -0.25) is 10.1 Å². The van der Waals surface area contributed by atoms with Gasteiger partial charge in [0.05, 0.1) is 17.0 Å². The van der Waals surface area contributed by atoms with Crippen LogP contribution in [0.15, 0.2) is 40.0 Å². The lowest BCUT2D eigenvalue weighted by Crippen LogP contribution is -2.18. The highest BCUT2D eigenvalue weighted by molar-refractivity contribution is 8.01. The Hall–Kier alpha value is -2.08. The summed E-state index contributed by atoms with van der Waals surface area (Å²) in [5.41, 5.74) is 1.29. The highest BCUT2D eigenvalue weighted by atomic mass is 35.5. The Morgan fingerprint density at radius 1 is 1.31 bits per heavy atom. The molecule has 3 aromatic rings. The maximum atomic E-state index is 12.7. The largest absolute Gasteiger partial charge is 0.295 e. The summed E-state index contributed by atoms with van der Waals surface area (Å²) in [4.78, 5) is 20.3. The second-order valence-corrected chi connectivity index (χ2v) is 10.6. The van der Waals surface area contributed by atoms with Gasteiger partial charge in [-0.1, -0.05) is 71.5 Å². The summed E-state index contributed by atoms with van der Waals surface area (Å²) in [5, 5.41) is 10.1. The molecule has 0 aliphatic heterocycles. The van der Waals surface area contributed by atoms with E-state index in [9.17, 15) is 13.2 Å². The Kier molecular flexibility index (Phi) is 6.83. The number of thioether (sulfide) groups is 1. The zero-order chi connectivity index (χ0) is 21.0. The SMILES string of the molecule is CCSc1nnc(NC(=O)c2nc(S(=O)(=O)Cc3cccc(C)c3)ncc2Cl)s1. The van der Waals surface area contributed by atoms with Crippen molar-refractivity contribution in [1.29, 1.82) is 0 Å². The van der Waals surface area contributed by atoms with Gasteiger partial charge in [-0.15, -0.1) is 10.2 Å². The standard InChI is InChI=1S/C17H16ClN5O3S3/c1-3-27-17-23-22-15(28-17)21-14(24)13-12(18)8-19-16(20-13)29(25,26)9-11-6-4-5-10(2)7-11/h4-8H,3,9H2,1-2H3,(H,21,22,24). The normalized spacial score (nSPS) is 11.4. The van der Waals surface area contributed by atoms with E-state index in [-0.39, 0.29) is 21.6 Å². The molecular formula is C17H16ClN5O3S3. The van der Waals surface area contributed by atoms with Crippen molar-refractivity contribution in [2.24, 2.45) is 0 Å². The van der Waals surface area contributed by atoms with Crippen molar-refractivity contribution in [2.45, 2.75) is 29.1 Å². The predicted molar refractivity (Wildman–Crippen MR) is 113 cm³/mol. The molecule has 0 aliphatic rings. The van der Waals surface area contributed by atoms with Crippen LogP contribution in [0.25, 0.3) is 0 Å². The van der Waals surface area contributed by atoms with Crippen LogP contribution in [-0.2, 0) is 15.6 Å². The first-order valence-electron chi connectivity index (χ1n) is 8.37. The molecule has 3 rings (SSSR count).